The van der Waals surface area contributed by atoms with Crippen LogP contribution in [0.1, 0.15) is 28.8 Å². The van der Waals surface area contributed by atoms with Gasteiger partial charge >= 0.3 is 0 Å². The second kappa shape index (κ2) is 6.22. The van der Waals surface area contributed by atoms with Crippen LogP contribution in [-0.4, -0.2) is 39.6 Å². The molecule has 0 unspecified atom stereocenters. The number of aromatic nitrogens is 2. The number of Topliss-reactive ketones (excluding diaryl/α,β-unsaturated/α-hetero) is 1. The molecular weight excluding hydrogens is 384 g/mol. The summed E-state index contributed by atoms with van der Waals surface area (Å²) in [5.74, 6) is 1.06. The van der Waals surface area contributed by atoms with E-state index in [4.69, 9.17) is 0 Å². The molecule has 6 nitrogen and oxygen atoms in total. The van der Waals surface area contributed by atoms with Crippen molar-refractivity contribution in [3.8, 4) is 0 Å². The predicted octanol–water partition coefficient (Wildman–Crippen LogP) is 3.01. The van der Waals surface area contributed by atoms with Crippen LogP contribution < -0.4 is 9.80 Å². The largest absolute Gasteiger partial charge is 0.305 e. The maximum atomic E-state index is 13.3. The molecule has 128 valence electrons. The molecule has 7 heteroatoms. The molecule has 1 saturated carbocycles. The molecule has 0 saturated heterocycles. The Hall–Kier alpha value is -2.28. The lowest BCUT2D eigenvalue weighted by molar-refractivity contribution is -0.115. The van der Waals surface area contributed by atoms with Crippen LogP contribution in [-0.2, 0) is 4.79 Å². The van der Waals surface area contributed by atoms with E-state index < -0.39 is 0 Å². The highest BCUT2D eigenvalue weighted by atomic mass is 79.9. The number of ketones is 1. The minimum atomic E-state index is -0.210. The topological polar surface area (TPSA) is 66.4 Å². The number of amides is 1. The predicted molar refractivity (Wildman–Crippen MR) is 98.8 cm³/mol. The van der Waals surface area contributed by atoms with Gasteiger partial charge in [0.05, 0.1) is 23.1 Å². The highest BCUT2D eigenvalue weighted by Gasteiger charge is 2.40. The van der Waals surface area contributed by atoms with Crippen molar-refractivity contribution in [1.29, 1.82) is 0 Å². The first kappa shape index (κ1) is 16.2. The van der Waals surface area contributed by atoms with Crippen LogP contribution in [0.25, 0.3) is 0 Å². The van der Waals surface area contributed by atoms with Gasteiger partial charge in [0, 0.05) is 18.4 Å². The molecule has 1 amide bonds. The molecule has 2 aromatic heterocycles. The Bertz CT molecular complexity index is 866. The van der Waals surface area contributed by atoms with Gasteiger partial charge in [0.25, 0.3) is 5.91 Å². The van der Waals surface area contributed by atoms with E-state index in [0.29, 0.717) is 28.9 Å². The Morgan fingerprint density at radius 1 is 1.24 bits per heavy atom. The van der Waals surface area contributed by atoms with Gasteiger partial charge in [-0.25, -0.2) is 9.97 Å². The summed E-state index contributed by atoms with van der Waals surface area (Å²) in [6, 6.07) is 5.68. The summed E-state index contributed by atoms with van der Waals surface area (Å²) in [6.07, 6.45) is 5.52. The highest BCUT2D eigenvalue weighted by Crippen LogP contribution is 2.45. The molecule has 0 atom stereocenters. The number of carbonyl (C=O) groups excluding carboxylic acids is 2. The lowest BCUT2D eigenvalue weighted by Crippen LogP contribution is -2.36. The summed E-state index contributed by atoms with van der Waals surface area (Å²) in [6.45, 7) is 1.95. The summed E-state index contributed by atoms with van der Waals surface area (Å²) in [5.41, 5.74) is 2.13. The van der Waals surface area contributed by atoms with Crippen molar-refractivity contribution in [2.24, 2.45) is 0 Å². The van der Waals surface area contributed by atoms with Gasteiger partial charge < -0.3 is 4.90 Å². The maximum absolute atomic E-state index is 13.3. The third kappa shape index (κ3) is 2.72. The van der Waals surface area contributed by atoms with Crippen molar-refractivity contribution in [2.75, 3.05) is 21.7 Å². The van der Waals surface area contributed by atoms with Crippen LogP contribution in [0.3, 0.4) is 0 Å². The number of fused-ring (bicyclic) bond motifs is 2. The molecule has 0 N–H and O–H groups in total. The van der Waals surface area contributed by atoms with Gasteiger partial charge in [-0.2, -0.15) is 0 Å². The lowest BCUT2D eigenvalue weighted by Gasteiger charge is -2.26. The maximum Gasteiger partial charge on any atom is 0.262 e. The third-order valence-electron chi connectivity index (χ3n) is 4.49. The summed E-state index contributed by atoms with van der Waals surface area (Å²) < 4.78 is 0. The average molecular weight is 401 g/mol. The minimum absolute atomic E-state index is 0.0104. The molecule has 1 aliphatic carbocycles. The second-order valence-electron chi connectivity index (χ2n) is 6.34. The molecule has 0 spiro atoms. The van der Waals surface area contributed by atoms with E-state index in [-0.39, 0.29) is 23.6 Å². The van der Waals surface area contributed by atoms with E-state index in [1.165, 1.54) is 0 Å². The SMILES string of the molecule is Cc1ccnc2c1N(CC(=O)CBr)C(=O)c1cccnc1N2C1CC1. The van der Waals surface area contributed by atoms with Crippen LogP contribution in [0.15, 0.2) is 30.6 Å². The number of aryl methyl sites for hydroxylation is 1. The van der Waals surface area contributed by atoms with Gasteiger partial charge in [-0.15, -0.1) is 0 Å². The van der Waals surface area contributed by atoms with Crippen LogP contribution in [0.4, 0.5) is 17.3 Å². The van der Waals surface area contributed by atoms with Crippen LogP contribution in [0.2, 0.25) is 0 Å². The van der Waals surface area contributed by atoms with E-state index in [1.54, 1.807) is 29.4 Å². The Morgan fingerprint density at radius 2 is 2.00 bits per heavy atom. The molecule has 0 bridgehead atoms. The molecule has 1 aliphatic heterocycles. The third-order valence-corrected chi connectivity index (χ3v) is 5.12. The number of nitrogens with zero attached hydrogens (tertiary/aromatic N) is 4. The number of alkyl halides is 1. The lowest BCUT2D eigenvalue weighted by atomic mass is 10.2. The molecule has 25 heavy (non-hydrogen) atoms. The number of carbonyl (C=O) groups is 2. The van der Waals surface area contributed by atoms with Gasteiger partial charge in [-0.3, -0.25) is 14.5 Å². The quantitative estimate of drug-likeness (QED) is 0.737. The number of pyridine rings is 2. The van der Waals surface area contributed by atoms with E-state index in [2.05, 4.69) is 30.8 Å². The van der Waals surface area contributed by atoms with Crippen molar-refractivity contribution >= 4 is 44.9 Å². The Balaban J connectivity index is 1.97. The second-order valence-corrected chi connectivity index (χ2v) is 6.90. The fraction of sp³-hybridized carbons (Fsp3) is 0.333. The zero-order valence-electron chi connectivity index (χ0n) is 13.8. The normalized spacial score (nSPS) is 16.3. The minimum Gasteiger partial charge on any atom is -0.305 e. The Labute approximate surface area is 154 Å². The van der Waals surface area contributed by atoms with Crippen molar-refractivity contribution in [3.05, 3.63) is 41.7 Å². The van der Waals surface area contributed by atoms with Crippen molar-refractivity contribution < 1.29 is 9.59 Å². The van der Waals surface area contributed by atoms with Crippen molar-refractivity contribution in [3.63, 3.8) is 0 Å². The van der Waals surface area contributed by atoms with Crippen molar-refractivity contribution in [2.45, 2.75) is 25.8 Å². The molecular formula is C18H17BrN4O2. The molecule has 2 aromatic rings. The van der Waals surface area contributed by atoms with Gasteiger partial charge in [0.15, 0.2) is 11.6 Å². The number of anilines is 3. The zero-order valence-corrected chi connectivity index (χ0v) is 15.4. The molecule has 3 heterocycles. The van der Waals surface area contributed by atoms with E-state index >= 15 is 0 Å². The van der Waals surface area contributed by atoms with E-state index in [9.17, 15) is 9.59 Å². The van der Waals surface area contributed by atoms with Crippen LogP contribution >= 0.6 is 15.9 Å². The molecule has 0 aromatic carbocycles. The number of rotatable bonds is 4. The van der Waals surface area contributed by atoms with Crippen LogP contribution in [0, 0.1) is 6.92 Å². The first-order valence-electron chi connectivity index (χ1n) is 8.21. The average Bonchev–Trinajstić information content (AvgIpc) is 3.45. The first-order valence-corrected chi connectivity index (χ1v) is 9.33. The summed E-state index contributed by atoms with van der Waals surface area (Å²) in [4.78, 5) is 38.0. The molecule has 2 aliphatic rings. The fourth-order valence-corrected chi connectivity index (χ4v) is 3.37. The van der Waals surface area contributed by atoms with Crippen molar-refractivity contribution in [1.82, 2.24) is 9.97 Å². The molecule has 0 radical (unpaired) electrons. The Morgan fingerprint density at radius 3 is 2.72 bits per heavy atom. The highest BCUT2D eigenvalue weighted by molar-refractivity contribution is 9.09. The number of hydrogen-bond acceptors (Lipinski definition) is 5. The first-order chi connectivity index (χ1) is 12.1. The molecule has 1 fully saturated rings. The van der Waals surface area contributed by atoms with Gasteiger partial charge in [0.1, 0.15) is 5.82 Å². The van der Waals surface area contributed by atoms with E-state index in [1.807, 2.05) is 13.0 Å². The smallest absolute Gasteiger partial charge is 0.262 e. The monoisotopic (exact) mass is 400 g/mol. The fourth-order valence-electron chi connectivity index (χ4n) is 3.20. The van der Waals surface area contributed by atoms with Gasteiger partial charge in [-0.1, -0.05) is 15.9 Å². The number of halogens is 1. The van der Waals surface area contributed by atoms with Gasteiger partial charge in [0.2, 0.25) is 0 Å². The van der Waals surface area contributed by atoms with E-state index in [0.717, 1.165) is 18.4 Å². The summed E-state index contributed by atoms with van der Waals surface area (Å²) in [5, 5.41) is 0.206. The van der Waals surface area contributed by atoms with Gasteiger partial charge in [-0.05, 0) is 43.5 Å². The molecule has 4 rings (SSSR count). The standard InChI is InChI=1S/C18H17BrN4O2/c1-11-6-8-21-17-15(11)22(10-13(24)9-19)18(25)14-3-2-7-20-16(14)23(17)12-4-5-12/h2-3,6-8,12H,4-5,9-10H2,1H3. The Kier molecular flexibility index (Phi) is 4.03. The number of hydrogen-bond donors (Lipinski definition) is 0. The summed E-state index contributed by atoms with van der Waals surface area (Å²) >= 11 is 3.19. The zero-order chi connectivity index (χ0) is 17.6. The van der Waals surface area contributed by atoms with Crippen LogP contribution in [0.5, 0.6) is 0 Å². The summed E-state index contributed by atoms with van der Waals surface area (Å²) in [7, 11) is 0.